The summed E-state index contributed by atoms with van der Waals surface area (Å²) in [5.41, 5.74) is 0.135. The van der Waals surface area contributed by atoms with Crippen LogP contribution in [0.25, 0.3) is 0 Å². The largest absolute Gasteiger partial charge is 0.394 e. The molecule has 1 rings (SSSR count). The number of likely N-dealkylation sites (N-methyl/N-ethyl adjacent to an activating group) is 1. The summed E-state index contributed by atoms with van der Waals surface area (Å²) in [6.07, 6.45) is 0. The Balaban J connectivity index is 3.01. The van der Waals surface area contributed by atoms with Crippen LogP contribution in [-0.4, -0.2) is 44.7 Å². The zero-order valence-corrected chi connectivity index (χ0v) is 11.7. The second-order valence-corrected chi connectivity index (χ2v) is 5.73. The monoisotopic (exact) mass is 257 g/mol. The van der Waals surface area contributed by atoms with Gasteiger partial charge < -0.3 is 10.0 Å². The number of rotatable bonds is 4. The van der Waals surface area contributed by atoms with E-state index in [1.807, 2.05) is 27.7 Å². The highest BCUT2D eigenvalue weighted by Crippen LogP contribution is 2.23. The molecule has 1 aromatic heterocycles. The molecule has 0 saturated heterocycles. The van der Waals surface area contributed by atoms with Crippen LogP contribution in [0.4, 0.5) is 0 Å². The Kier molecular flexibility index (Phi) is 4.21. The molecule has 17 heavy (non-hydrogen) atoms. The molecule has 1 aromatic rings. The fourth-order valence-electron chi connectivity index (χ4n) is 1.26. The fraction of sp³-hybridized carbons (Fsp3) is 0.727. The number of aliphatic hydroxyl groups is 1. The molecule has 0 aliphatic heterocycles. The van der Waals surface area contributed by atoms with Gasteiger partial charge in [-0.05, 0) is 31.3 Å². The number of hydrogen-bond acceptors (Lipinski definition) is 5. The van der Waals surface area contributed by atoms with E-state index < -0.39 is 5.54 Å². The highest BCUT2D eigenvalue weighted by Gasteiger charge is 2.30. The lowest BCUT2D eigenvalue weighted by Gasteiger charge is -2.33. The summed E-state index contributed by atoms with van der Waals surface area (Å²) in [4.78, 5) is 14.4. The zero-order chi connectivity index (χ0) is 13.2. The van der Waals surface area contributed by atoms with E-state index in [4.69, 9.17) is 0 Å². The van der Waals surface area contributed by atoms with Gasteiger partial charge >= 0.3 is 0 Å². The molecule has 0 radical (unpaired) electrons. The van der Waals surface area contributed by atoms with Gasteiger partial charge in [0.25, 0.3) is 5.91 Å². The summed E-state index contributed by atoms with van der Waals surface area (Å²) in [7, 11) is 1.68. The van der Waals surface area contributed by atoms with Crippen molar-refractivity contribution in [1.29, 1.82) is 0 Å². The predicted octanol–water partition coefficient (Wildman–Crippen LogP) is 1.50. The molecule has 1 amide bonds. The van der Waals surface area contributed by atoms with E-state index in [0.717, 1.165) is 17.2 Å². The second kappa shape index (κ2) is 5.10. The van der Waals surface area contributed by atoms with Crippen molar-refractivity contribution in [2.24, 2.45) is 0 Å². The smallest absolute Gasteiger partial charge is 0.267 e. The standard InChI is InChI=1S/C11H19N3O2S/c1-7(2)8-9(17-13-12-8)10(16)14(5)11(3,4)6-15/h7,15H,6H2,1-5H3. The van der Waals surface area contributed by atoms with Gasteiger partial charge in [-0.25, -0.2) is 0 Å². The Morgan fingerprint density at radius 3 is 2.59 bits per heavy atom. The summed E-state index contributed by atoms with van der Waals surface area (Å²) >= 11 is 1.11. The van der Waals surface area contributed by atoms with Gasteiger partial charge in [0.15, 0.2) is 0 Å². The number of aliphatic hydroxyl groups excluding tert-OH is 1. The number of nitrogens with zero attached hydrogens (tertiary/aromatic N) is 3. The van der Waals surface area contributed by atoms with Gasteiger partial charge in [-0.15, -0.1) is 5.10 Å². The Labute approximate surface area is 106 Å². The molecular formula is C11H19N3O2S. The van der Waals surface area contributed by atoms with Crippen molar-refractivity contribution in [2.45, 2.75) is 39.2 Å². The first-order valence-corrected chi connectivity index (χ1v) is 6.30. The lowest BCUT2D eigenvalue weighted by atomic mass is 10.0. The van der Waals surface area contributed by atoms with Gasteiger partial charge in [-0.2, -0.15) is 0 Å². The van der Waals surface area contributed by atoms with Crippen molar-refractivity contribution >= 4 is 17.4 Å². The third kappa shape index (κ3) is 2.81. The molecule has 0 fully saturated rings. The van der Waals surface area contributed by atoms with E-state index in [-0.39, 0.29) is 18.4 Å². The quantitative estimate of drug-likeness (QED) is 0.887. The summed E-state index contributed by atoms with van der Waals surface area (Å²) in [5, 5.41) is 13.3. The van der Waals surface area contributed by atoms with Crippen molar-refractivity contribution < 1.29 is 9.90 Å². The summed E-state index contributed by atoms with van der Waals surface area (Å²) < 4.78 is 3.84. The van der Waals surface area contributed by atoms with E-state index in [0.29, 0.717) is 4.88 Å². The highest BCUT2D eigenvalue weighted by atomic mass is 32.1. The maximum absolute atomic E-state index is 12.3. The number of hydrogen-bond donors (Lipinski definition) is 1. The highest BCUT2D eigenvalue weighted by molar-refractivity contribution is 7.08. The molecule has 0 aliphatic rings. The van der Waals surface area contributed by atoms with Crippen LogP contribution in [0.1, 0.15) is 49.0 Å². The van der Waals surface area contributed by atoms with Crippen LogP contribution in [-0.2, 0) is 0 Å². The van der Waals surface area contributed by atoms with Crippen molar-refractivity contribution in [3.8, 4) is 0 Å². The Hall–Kier alpha value is -1.01. The molecule has 6 heteroatoms. The van der Waals surface area contributed by atoms with Crippen LogP contribution in [0.5, 0.6) is 0 Å². The zero-order valence-electron chi connectivity index (χ0n) is 10.9. The summed E-state index contributed by atoms with van der Waals surface area (Å²) in [6.45, 7) is 7.50. The van der Waals surface area contributed by atoms with Crippen LogP contribution in [0.2, 0.25) is 0 Å². The molecule has 0 bridgehead atoms. The van der Waals surface area contributed by atoms with Gasteiger partial charge in [-0.1, -0.05) is 18.3 Å². The average molecular weight is 257 g/mol. The molecule has 96 valence electrons. The molecule has 0 spiro atoms. The summed E-state index contributed by atoms with van der Waals surface area (Å²) in [5.74, 6) is 0.0288. The van der Waals surface area contributed by atoms with Crippen molar-refractivity contribution in [3.05, 3.63) is 10.6 Å². The van der Waals surface area contributed by atoms with Gasteiger partial charge in [0, 0.05) is 7.05 Å². The Morgan fingerprint density at radius 1 is 1.53 bits per heavy atom. The third-order valence-corrected chi connectivity index (χ3v) is 3.58. The number of carbonyl (C=O) groups excluding carboxylic acids is 1. The van der Waals surface area contributed by atoms with Crippen molar-refractivity contribution in [3.63, 3.8) is 0 Å². The SMILES string of the molecule is CC(C)c1nnsc1C(=O)N(C)C(C)(C)CO. The van der Waals surface area contributed by atoms with Crippen LogP contribution in [0, 0.1) is 0 Å². The second-order valence-electron chi connectivity index (χ2n) is 4.98. The fourth-order valence-corrected chi connectivity index (χ4v) is 2.05. The topological polar surface area (TPSA) is 66.3 Å². The van der Waals surface area contributed by atoms with Crippen LogP contribution in [0.3, 0.4) is 0 Å². The molecule has 1 N–H and O–H groups in total. The number of amides is 1. The minimum Gasteiger partial charge on any atom is -0.394 e. The van der Waals surface area contributed by atoms with Crippen LogP contribution >= 0.6 is 11.5 Å². The first-order chi connectivity index (χ1) is 7.81. The first-order valence-electron chi connectivity index (χ1n) is 5.52. The van der Waals surface area contributed by atoms with Crippen molar-refractivity contribution in [2.75, 3.05) is 13.7 Å². The predicted molar refractivity (Wildman–Crippen MR) is 67.3 cm³/mol. The van der Waals surface area contributed by atoms with Crippen LogP contribution in [0.15, 0.2) is 0 Å². The third-order valence-electron chi connectivity index (χ3n) is 2.85. The molecular weight excluding hydrogens is 238 g/mol. The number of aromatic nitrogens is 2. The van der Waals surface area contributed by atoms with E-state index in [9.17, 15) is 9.90 Å². The minimum absolute atomic E-state index is 0.0848. The van der Waals surface area contributed by atoms with Gasteiger partial charge in [0.05, 0.1) is 17.8 Å². The molecule has 0 aliphatic carbocycles. The van der Waals surface area contributed by atoms with Gasteiger partial charge in [-0.3, -0.25) is 4.79 Å². The van der Waals surface area contributed by atoms with Crippen LogP contribution < -0.4 is 0 Å². The molecule has 1 heterocycles. The maximum atomic E-state index is 12.3. The summed E-state index contributed by atoms with van der Waals surface area (Å²) in [6, 6.07) is 0. The Bertz CT molecular complexity index is 401. The number of carbonyl (C=O) groups is 1. The minimum atomic E-state index is -0.588. The molecule has 5 nitrogen and oxygen atoms in total. The van der Waals surface area contributed by atoms with E-state index in [1.165, 1.54) is 4.90 Å². The van der Waals surface area contributed by atoms with E-state index in [1.54, 1.807) is 7.05 Å². The molecule has 0 atom stereocenters. The van der Waals surface area contributed by atoms with E-state index in [2.05, 4.69) is 9.59 Å². The molecule has 0 aromatic carbocycles. The van der Waals surface area contributed by atoms with Gasteiger partial charge in [0.2, 0.25) is 0 Å². The molecule has 0 unspecified atom stereocenters. The Morgan fingerprint density at radius 2 is 2.12 bits per heavy atom. The van der Waals surface area contributed by atoms with Crippen molar-refractivity contribution in [1.82, 2.24) is 14.5 Å². The first kappa shape index (κ1) is 14.1. The van der Waals surface area contributed by atoms with E-state index >= 15 is 0 Å². The average Bonchev–Trinajstić information content (AvgIpc) is 2.75. The maximum Gasteiger partial charge on any atom is 0.267 e. The normalized spacial score (nSPS) is 11.9. The lowest BCUT2D eigenvalue weighted by Crippen LogP contribution is -2.47. The lowest BCUT2D eigenvalue weighted by molar-refractivity contribution is 0.0476. The molecule has 0 saturated carbocycles. The van der Waals surface area contributed by atoms with Gasteiger partial charge in [0.1, 0.15) is 4.88 Å².